The van der Waals surface area contributed by atoms with E-state index in [1.54, 1.807) is 12.1 Å². The predicted molar refractivity (Wildman–Crippen MR) is 110 cm³/mol. The molecular formula is C21H19N5O4. The number of morpholine rings is 1. The molecule has 0 amide bonds. The Kier molecular flexibility index (Phi) is 4.51. The SMILES string of the molecule is O=CC1C(N2CCOCC2)=Nc2nc3ccccc3n2C1c1ccc([N+](=O)[O-])cc1. The Morgan fingerprint density at radius 1 is 1.10 bits per heavy atom. The van der Waals surface area contributed by atoms with Gasteiger partial charge < -0.3 is 14.4 Å². The Hall–Kier alpha value is -3.59. The van der Waals surface area contributed by atoms with Crippen molar-refractivity contribution >= 4 is 34.8 Å². The average molecular weight is 405 g/mol. The largest absolute Gasteiger partial charge is 0.378 e. The van der Waals surface area contributed by atoms with Gasteiger partial charge in [-0.3, -0.25) is 14.7 Å². The summed E-state index contributed by atoms with van der Waals surface area (Å²) in [7, 11) is 0. The number of fused-ring (bicyclic) bond motifs is 3. The number of benzene rings is 2. The Bertz CT molecular complexity index is 1150. The number of amidine groups is 1. The van der Waals surface area contributed by atoms with E-state index in [9.17, 15) is 14.9 Å². The number of rotatable bonds is 3. The summed E-state index contributed by atoms with van der Waals surface area (Å²) in [5.74, 6) is 0.647. The molecule has 0 saturated carbocycles. The zero-order valence-electron chi connectivity index (χ0n) is 16.0. The molecule has 0 bridgehead atoms. The summed E-state index contributed by atoms with van der Waals surface area (Å²) in [5.41, 5.74) is 2.46. The first kappa shape index (κ1) is 18.4. The molecular weight excluding hydrogens is 386 g/mol. The third-order valence-electron chi connectivity index (χ3n) is 5.64. The van der Waals surface area contributed by atoms with Gasteiger partial charge in [-0.05, 0) is 17.7 Å². The maximum absolute atomic E-state index is 12.4. The second kappa shape index (κ2) is 7.34. The highest BCUT2D eigenvalue weighted by Gasteiger charge is 2.38. The standard InChI is InChI=1S/C21H19N5O4/c27-13-16-19(14-5-7-15(8-6-14)26(28)29)25-18-4-2-1-3-17(18)22-21(25)23-20(16)24-9-11-30-12-10-24/h1-8,13,16,19H,9-12H2. The molecule has 30 heavy (non-hydrogen) atoms. The van der Waals surface area contributed by atoms with E-state index in [0.717, 1.165) is 22.9 Å². The number of imidazole rings is 1. The van der Waals surface area contributed by atoms with E-state index in [1.165, 1.54) is 12.1 Å². The number of non-ortho nitro benzene ring substituents is 1. The highest BCUT2D eigenvalue weighted by atomic mass is 16.6. The van der Waals surface area contributed by atoms with Gasteiger partial charge in [-0.1, -0.05) is 24.3 Å². The van der Waals surface area contributed by atoms with Crippen LogP contribution in [0.5, 0.6) is 0 Å². The van der Waals surface area contributed by atoms with E-state index < -0.39 is 16.9 Å². The molecule has 3 heterocycles. The van der Waals surface area contributed by atoms with Crippen LogP contribution in [0.25, 0.3) is 11.0 Å². The van der Waals surface area contributed by atoms with Gasteiger partial charge in [0.25, 0.3) is 5.69 Å². The van der Waals surface area contributed by atoms with Crippen LogP contribution >= 0.6 is 0 Å². The number of hydrogen-bond donors (Lipinski definition) is 0. The number of nitrogens with zero attached hydrogens (tertiary/aromatic N) is 5. The van der Waals surface area contributed by atoms with Crippen LogP contribution in [-0.2, 0) is 9.53 Å². The molecule has 2 atom stereocenters. The first-order valence-corrected chi connectivity index (χ1v) is 9.75. The number of ether oxygens (including phenoxy) is 1. The molecule has 0 radical (unpaired) electrons. The first-order chi connectivity index (χ1) is 14.7. The van der Waals surface area contributed by atoms with Gasteiger partial charge in [-0.15, -0.1) is 0 Å². The fourth-order valence-electron chi connectivity index (χ4n) is 4.22. The summed E-state index contributed by atoms with van der Waals surface area (Å²) in [5, 5.41) is 11.1. The molecule has 1 fully saturated rings. The van der Waals surface area contributed by atoms with Crippen LogP contribution in [0.15, 0.2) is 53.5 Å². The lowest BCUT2D eigenvalue weighted by molar-refractivity contribution is -0.384. The van der Waals surface area contributed by atoms with Crippen molar-refractivity contribution in [2.45, 2.75) is 6.04 Å². The molecule has 0 spiro atoms. The van der Waals surface area contributed by atoms with E-state index in [4.69, 9.17) is 9.73 Å². The first-order valence-electron chi connectivity index (χ1n) is 9.75. The lowest BCUT2D eigenvalue weighted by atomic mass is 9.90. The Morgan fingerprint density at radius 3 is 2.53 bits per heavy atom. The second-order valence-corrected chi connectivity index (χ2v) is 7.30. The number of aromatic nitrogens is 2. The summed E-state index contributed by atoms with van der Waals surface area (Å²) < 4.78 is 7.41. The normalized spacial score (nSPS) is 21.2. The second-order valence-electron chi connectivity index (χ2n) is 7.30. The summed E-state index contributed by atoms with van der Waals surface area (Å²) in [4.78, 5) is 34.6. The van der Waals surface area contributed by atoms with Crippen molar-refractivity contribution in [3.63, 3.8) is 0 Å². The van der Waals surface area contributed by atoms with Crippen molar-refractivity contribution in [2.75, 3.05) is 26.3 Å². The molecule has 1 aromatic heterocycles. The monoisotopic (exact) mass is 405 g/mol. The van der Waals surface area contributed by atoms with E-state index in [2.05, 4.69) is 9.88 Å². The van der Waals surface area contributed by atoms with Crippen LogP contribution in [0.1, 0.15) is 11.6 Å². The van der Waals surface area contributed by atoms with Gasteiger partial charge in [0.1, 0.15) is 12.1 Å². The van der Waals surface area contributed by atoms with Crippen LogP contribution in [-0.4, -0.2) is 57.8 Å². The average Bonchev–Trinajstić information content (AvgIpc) is 3.16. The van der Waals surface area contributed by atoms with Gasteiger partial charge in [0, 0.05) is 25.2 Å². The Balaban J connectivity index is 1.70. The minimum absolute atomic E-state index is 0.00925. The molecule has 2 unspecified atom stereocenters. The van der Waals surface area contributed by atoms with Crippen molar-refractivity contribution in [1.82, 2.24) is 14.5 Å². The number of nitro benzene ring substituents is 1. The number of aldehydes is 1. The third kappa shape index (κ3) is 2.94. The van der Waals surface area contributed by atoms with Gasteiger partial charge in [0.05, 0.1) is 41.1 Å². The molecule has 2 aromatic carbocycles. The molecule has 9 heteroatoms. The van der Waals surface area contributed by atoms with Gasteiger partial charge in [0.15, 0.2) is 0 Å². The Morgan fingerprint density at radius 2 is 1.83 bits per heavy atom. The van der Waals surface area contributed by atoms with Crippen molar-refractivity contribution in [3.05, 3.63) is 64.2 Å². The molecule has 3 aromatic rings. The zero-order valence-corrected chi connectivity index (χ0v) is 16.0. The quantitative estimate of drug-likeness (QED) is 0.377. The number of para-hydroxylation sites is 2. The summed E-state index contributed by atoms with van der Waals surface area (Å²) in [6.07, 6.45) is 0.915. The summed E-state index contributed by atoms with van der Waals surface area (Å²) >= 11 is 0. The van der Waals surface area contributed by atoms with E-state index in [-0.39, 0.29) is 5.69 Å². The number of nitro groups is 1. The highest BCUT2D eigenvalue weighted by Crippen LogP contribution is 2.40. The molecule has 152 valence electrons. The minimum atomic E-state index is -0.547. The molecule has 9 nitrogen and oxygen atoms in total. The molecule has 0 aliphatic carbocycles. The van der Waals surface area contributed by atoms with Gasteiger partial charge in [-0.25, -0.2) is 4.98 Å². The molecule has 2 aliphatic rings. The van der Waals surface area contributed by atoms with Crippen molar-refractivity contribution in [1.29, 1.82) is 0 Å². The fraction of sp³-hybridized carbons (Fsp3) is 0.286. The number of carbonyl (C=O) groups is 1. The minimum Gasteiger partial charge on any atom is -0.378 e. The summed E-state index contributed by atoms with van der Waals surface area (Å²) in [6.45, 7) is 2.44. The van der Waals surface area contributed by atoms with Crippen LogP contribution in [0.4, 0.5) is 11.6 Å². The van der Waals surface area contributed by atoms with Crippen LogP contribution in [0.2, 0.25) is 0 Å². The third-order valence-corrected chi connectivity index (χ3v) is 5.64. The van der Waals surface area contributed by atoms with Crippen molar-refractivity contribution < 1.29 is 14.5 Å². The highest BCUT2D eigenvalue weighted by molar-refractivity contribution is 6.00. The van der Waals surface area contributed by atoms with Crippen LogP contribution in [0.3, 0.4) is 0 Å². The smallest absolute Gasteiger partial charge is 0.269 e. The topological polar surface area (TPSA) is 103 Å². The maximum atomic E-state index is 12.4. The van der Waals surface area contributed by atoms with E-state index in [0.29, 0.717) is 38.1 Å². The Labute approximate surface area is 171 Å². The predicted octanol–water partition coefficient (Wildman–Crippen LogP) is 2.72. The van der Waals surface area contributed by atoms with Crippen LogP contribution in [0, 0.1) is 16.0 Å². The van der Waals surface area contributed by atoms with E-state index >= 15 is 0 Å². The molecule has 2 aliphatic heterocycles. The van der Waals surface area contributed by atoms with Crippen molar-refractivity contribution in [2.24, 2.45) is 10.9 Å². The number of carbonyl (C=O) groups excluding carboxylic acids is 1. The van der Waals surface area contributed by atoms with Crippen molar-refractivity contribution in [3.8, 4) is 0 Å². The lowest BCUT2D eigenvalue weighted by Gasteiger charge is -2.38. The van der Waals surface area contributed by atoms with E-state index in [1.807, 2.05) is 28.8 Å². The van der Waals surface area contributed by atoms with Gasteiger partial charge in [-0.2, -0.15) is 4.99 Å². The molecule has 1 saturated heterocycles. The summed E-state index contributed by atoms with van der Waals surface area (Å²) in [6, 6.07) is 13.6. The molecule has 0 N–H and O–H groups in total. The number of aliphatic imine (C=N–C) groups is 1. The fourth-order valence-corrected chi connectivity index (χ4v) is 4.22. The van der Waals surface area contributed by atoms with Crippen LogP contribution < -0.4 is 0 Å². The molecule has 5 rings (SSSR count). The van der Waals surface area contributed by atoms with Gasteiger partial charge >= 0.3 is 0 Å². The van der Waals surface area contributed by atoms with Gasteiger partial charge in [0.2, 0.25) is 5.95 Å². The lowest BCUT2D eigenvalue weighted by Crippen LogP contribution is -2.47. The number of hydrogen-bond acceptors (Lipinski definition) is 7. The maximum Gasteiger partial charge on any atom is 0.269 e. The zero-order chi connectivity index (χ0) is 20.7.